The molecule has 2 N–H and O–H groups in total. The quantitative estimate of drug-likeness (QED) is 0.811. The van der Waals surface area contributed by atoms with E-state index in [9.17, 15) is 9.59 Å². The Kier molecular flexibility index (Phi) is 3.64. The van der Waals surface area contributed by atoms with Gasteiger partial charge in [-0.05, 0) is 32.0 Å². The van der Waals surface area contributed by atoms with E-state index >= 15 is 0 Å². The molecule has 0 bridgehead atoms. The van der Waals surface area contributed by atoms with Crippen LogP contribution < -0.4 is 5.32 Å². The highest BCUT2D eigenvalue weighted by Crippen LogP contribution is 2.28. The van der Waals surface area contributed by atoms with Crippen molar-refractivity contribution >= 4 is 35.4 Å². The fourth-order valence-electron chi connectivity index (χ4n) is 3.11. The fraction of sp³-hybridized carbons (Fsp3) is 0.615. The van der Waals surface area contributed by atoms with Crippen LogP contribution in [0.3, 0.4) is 0 Å². The van der Waals surface area contributed by atoms with Crippen LogP contribution in [0.1, 0.15) is 23.4 Å². The number of likely N-dealkylation sites (tertiary alicyclic amines) is 1. The number of amides is 2. The van der Waals surface area contributed by atoms with Gasteiger partial charge in [-0.25, -0.2) is 0 Å². The Labute approximate surface area is 126 Å². The number of hydrogen-bond donors (Lipinski definition) is 2. The lowest BCUT2D eigenvalue weighted by molar-refractivity contribution is -0.136. The van der Waals surface area contributed by atoms with Gasteiger partial charge in [0.25, 0.3) is 0 Å². The van der Waals surface area contributed by atoms with Crippen molar-refractivity contribution in [2.45, 2.75) is 32.2 Å². The van der Waals surface area contributed by atoms with Crippen LogP contribution in [0.15, 0.2) is 0 Å². The number of nitrogens with one attached hydrogen (secondary N) is 2. The third-order valence-electron chi connectivity index (χ3n) is 4.16. The molecule has 2 saturated heterocycles. The number of H-pyrrole nitrogens is 1. The highest BCUT2D eigenvalue weighted by atomic mass is 32.1. The summed E-state index contributed by atoms with van der Waals surface area (Å²) in [6, 6.07) is 0.0379. The van der Waals surface area contributed by atoms with Crippen LogP contribution in [-0.4, -0.2) is 40.8 Å². The summed E-state index contributed by atoms with van der Waals surface area (Å²) >= 11 is 6.56. The zero-order valence-electron chi connectivity index (χ0n) is 11.3. The Hall–Kier alpha value is -1.21. The van der Waals surface area contributed by atoms with E-state index in [1.165, 1.54) is 11.3 Å². The highest BCUT2D eigenvalue weighted by Gasteiger charge is 2.42. The first-order chi connectivity index (χ1) is 9.56. The van der Waals surface area contributed by atoms with Crippen LogP contribution in [-0.2, 0) is 16.0 Å². The minimum Gasteiger partial charge on any atom is -0.354 e. The summed E-state index contributed by atoms with van der Waals surface area (Å²) in [4.78, 5) is 30.2. The number of thiazole rings is 1. The van der Waals surface area contributed by atoms with Gasteiger partial charge < -0.3 is 15.2 Å². The van der Waals surface area contributed by atoms with Gasteiger partial charge in [0, 0.05) is 23.7 Å². The number of aryl methyl sites for hydroxylation is 1. The maximum atomic E-state index is 12.5. The van der Waals surface area contributed by atoms with Crippen molar-refractivity contribution in [3.8, 4) is 0 Å². The lowest BCUT2D eigenvalue weighted by Crippen LogP contribution is -2.49. The zero-order chi connectivity index (χ0) is 14.3. The molecule has 0 spiro atoms. The van der Waals surface area contributed by atoms with E-state index in [0.717, 1.165) is 30.0 Å². The van der Waals surface area contributed by atoms with E-state index < -0.39 is 0 Å². The van der Waals surface area contributed by atoms with Crippen molar-refractivity contribution in [2.24, 2.45) is 5.92 Å². The molecule has 2 atom stereocenters. The average molecular weight is 311 g/mol. The number of carbonyl (C=O) groups excluding carboxylic acids is 2. The van der Waals surface area contributed by atoms with Gasteiger partial charge >= 0.3 is 0 Å². The number of piperidine rings is 1. The predicted molar refractivity (Wildman–Crippen MR) is 79.2 cm³/mol. The molecular weight excluding hydrogens is 294 g/mol. The molecular formula is C13H17N3O2S2. The molecule has 0 aliphatic carbocycles. The molecule has 2 fully saturated rings. The number of rotatable bonds is 2. The molecule has 7 heteroatoms. The first-order valence-corrected chi connectivity index (χ1v) is 8.04. The molecule has 2 amide bonds. The number of carbonyl (C=O) groups is 2. The monoisotopic (exact) mass is 311 g/mol. The Balaban J connectivity index is 1.75. The Morgan fingerprint density at radius 3 is 3.05 bits per heavy atom. The molecule has 20 heavy (non-hydrogen) atoms. The molecule has 108 valence electrons. The number of aromatic nitrogens is 1. The standard InChI is InChI=1S/C13H17N3O2S2/c1-7-10(20-13(19)15-7)5-11(17)16-4-2-3-8-9(16)6-14-12(8)18/h8-9H,2-6H2,1H3,(H,14,18)(H,15,19). The number of aromatic amines is 1. The summed E-state index contributed by atoms with van der Waals surface area (Å²) in [5, 5.41) is 2.87. The first-order valence-electron chi connectivity index (χ1n) is 6.82. The summed E-state index contributed by atoms with van der Waals surface area (Å²) < 4.78 is 0.708. The van der Waals surface area contributed by atoms with Crippen molar-refractivity contribution in [3.63, 3.8) is 0 Å². The molecule has 3 rings (SSSR count). The summed E-state index contributed by atoms with van der Waals surface area (Å²) in [5.41, 5.74) is 0.975. The van der Waals surface area contributed by atoms with E-state index in [1.54, 1.807) is 0 Å². The van der Waals surface area contributed by atoms with Crippen molar-refractivity contribution in [1.82, 2.24) is 15.2 Å². The number of nitrogens with zero attached hydrogens (tertiary/aromatic N) is 1. The molecule has 1 aromatic rings. The lowest BCUT2D eigenvalue weighted by atomic mass is 9.91. The third kappa shape index (κ3) is 2.40. The molecule has 2 aliphatic heterocycles. The van der Waals surface area contributed by atoms with Crippen LogP contribution in [0.25, 0.3) is 0 Å². The van der Waals surface area contributed by atoms with E-state index in [2.05, 4.69) is 10.3 Å². The molecule has 0 saturated carbocycles. The van der Waals surface area contributed by atoms with E-state index in [1.807, 2.05) is 11.8 Å². The summed E-state index contributed by atoms with van der Waals surface area (Å²) in [6.45, 7) is 3.29. The van der Waals surface area contributed by atoms with Crippen molar-refractivity contribution in [1.29, 1.82) is 0 Å². The minimum atomic E-state index is -0.0155. The van der Waals surface area contributed by atoms with Crippen LogP contribution >= 0.6 is 23.6 Å². The van der Waals surface area contributed by atoms with Crippen molar-refractivity contribution in [2.75, 3.05) is 13.1 Å². The predicted octanol–water partition coefficient (Wildman–Crippen LogP) is 1.39. The smallest absolute Gasteiger partial charge is 0.228 e. The minimum absolute atomic E-state index is 0.0155. The summed E-state index contributed by atoms with van der Waals surface area (Å²) in [7, 11) is 0. The van der Waals surface area contributed by atoms with Crippen LogP contribution in [0.4, 0.5) is 0 Å². The van der Waals surface area contributed by atoms with Crippen molar-refractivity contribution < 1.29 is 9.59 Å². The second kappa shape index (κ2) is 5.29. The molecule has 0 aromatic carbocycles. The number of hydrogen-bond acceptors (Lipinski definition) is 4. The fourth-order valence-corrected chi connectivity index (χ4v) is 4.39. The van der Waals surface area contributed by atoms with Crippen LogP contribution in [0.5, 0.6) is 0 Å². The second-order valence-electron chi connectivity index (χ2n) is 5.39. The topological polar surface area (TPSA) is 65.2 Å². The SMILES string of the molecule is Cc1[nH]c(=S)sc1CC(=O)N1CCCC2C(=O)NCC21. The van der Waals surface area contributed by atoms with E-state index in [0.29, 0.717) is 16.9 Å². The van der Waals surface area contributed by atoms with Gasteiger partial charge in [0.1, 0.15) is 0 Å². The highest BCUT2D eigenvalue weighted by molar-refractivity contribution is 7.73. The van der Waals surface area contributed by atoms with Crippen LogP contribution in [0.2, 0.25) is 0 Å². The lowest BCUT2D eigenvalue weighted by Gasteiger charge is -2.36. The largest absolute Gasteiger partial charge is 0.354 e. The summed E-state index contributed by atoms with van der Waals surface area (Å²) in [6.07, 6.45) is 2.17. The summed E-state index contributed by atoms with van der Waals surface area (Å²) in [5.74, 6) is 0.184. The van der Waals surface area contributed by atoms with Crippen molar-refractivity contribution in [3.05, 3.63) is 14.5 Å². The molecule has 2 aliphatic rings. The van der Waals surface area contributed by atoms with Gasteiger partial charge in [-0.15, -0.1) is 11.3 Å². The number of fused-ring (bicyclic) bond motifs is 1. The van der Waals surface area contributed by atoms with Gasteiger partial charge in [0.2, 0.25) is 11.8 Å². The van der Waals surface area contributed by atoms with Gasteiger partial charge in [-0.2, -0.15) is 0 Å². The molecule has 3 heterocycles. The second-order valence-corrected chi connectivity index (χ2v) is 7.16. The zero-order valence-corrected chi connectivity index (χ0v) is 12.9. The molecule has 0 radical (unpaired) electrons. The molecule has 5 nitrogen and oxygen atoms in total. The third-order valence-corrected chi connectivity index (χ3v) is 5.49. The average Bonchev–Trinajstić information content (AvgIpc) is 2.93. The van der Waals surface area contributed by atoms with Gasteiger partial charge in [0.15, 0.2) is 3.95 Å². The Morgan fingerprint density at radius 2 is 2.35 bits per heavy atom. The van der Waals surface area contributed by atoms with Gasteiger partial charge in [0.05, 0.1) is 18.4 Å². The normalized spacial score (nSPS) is 25.4. The van der Waals surface area contributed by atoms with Gasteiger partial charge in [-0.1, -0.05) is 0 Å². The molecule has 2 unspecified atom stereocenters. The van der Waals surface area contributed by atoms with E-state index in [4.69, 9.17) is 12.2 Å². The maximum Gasteiger partial charge on any atom is 0.228 e. The maximum absolute atomic E-state index is 12.5. The Morgan fingerprint density at radius 1 is 1.55 bits per heavy atom. The molecule has 1 aromatic heterocycles. The van der Waals surface area contributed by atoms with Gasteiger partial charge in [-0.3, -0.25) is 9.59 Å². The first kappa shape index (κ1) is 13.8. The van der Waals surface area contributed by atoms with E-state index in [-0.39, 0.29) is 23.8 Å². The van der Waals surface area contributed by atoms with Crippen LogP contribution in [0, 0.1) is 16.8 Å². The Bertz CT molecular complexity index is 607.